The highest BCUT2D eigenvalue weighted by atomic mass is 79.9. The summed E-state index contributed by atoms with van der Waals surface area (Å²) in [6.07, 6.45) is 0.944. The second-order valence-electron chi connectivity index (χ2n) is 10.5. The van der Waals surface area contributed by atoms with Crippen LogP contribution < -0.4 is 9.62 Å². The molecule has 44 heavy (non-hydrogen) atoms. The van der Waals surface area contributed by atoms with Gasteiger partial charge in [0.2, 0.25) is 11.8 Å². The number of benzene rings is 4. The van der Waals surface area contributed by atoms with Crippen molar-refractivity contribution in [3.05, 3.63) is 130 Å². The lowest BCUT2D eigenvalue weighted by atomic mass is 10.0. The summed E-state index contributed by atoms with van der Waals surface area (Å²) in [6.45, 7) is 3.38. The molecule has 0 radical (unpaired) electrons. The lowest BCUT2D eigenvalue weighted by Crippen LogP contribution is -2.54. The Balaban J connectivity index is 1.81. The molecular formula is C34H35BrClN3O4S. The minimum absolute atomic E-state index is 0.0154. The average molecular weight is 697 g/mol. The summed E-state index contributed by atoms with van der Waals surface area (Å²) in [5.41, 5.74) is 1.80. The third kappa shape index (κ3) is 8.49. The van der Waals surface area contributed by atoms with Gasteiger partial charge in [-0.1, -0.05) is 107 Å². The summed E-state index contributed by atoms with van der Waals surface area (Å²) >= 11 is 10.0. The number of carbonyl (C=O) groups excluding carboxylic acids is 2. The van der Waals surface area contributed by atoms with Gasteiger partial charge >= 0.3 is 0 Å². The van der Waals surface area contributed by atoms with E-state index >= 15 is 0 Å². The Labute approximate surface area is 273 Å². The molecule has 4 aromatic carbocycles. The van der Waals surface area contributed by atoms with Crippen LogP contribution in [0.15, 0.2) is 119 Å². The highest BCUT2D eigenvalue weighted by Gasteiger charge is 2.35. The lowest BCUT2D eigenvalue weighted by molar-refractivity contribution is -0.140. The van der Waals surface area contributed by atoms with E-state index in [1.165, 1.54) is 17.0 Å². The van der Waals surface area contributed by atoms with Crippen molar-refractivity contribution in [1.29, 1.82) is 0 Å². The predicted molar refractivity (Wildman–Crippen MR) is 179 cm³/mol. The van der Waals surface area contributed by atoms with E-state index in [1.807, 2.05) is 68.4 Å². The van der Waals surface area contributed by atoms with Gasteiger partial charge in [0.15, 0.2) is 0 Å². The molecule has 0 fully saturated rings. The number of nitrogens with zero attached hydrogens (tertiary/aromatic N) is 2. The van der Waals surface area contributed by atoms with Gasteiger partial charge in [-0.3, -0.25) is 13.9 Å². The number of hydrogen-bond donors (Lipinski definition) is 1. The van der Waals surface area contributed by atoms with Crippen LogP contribution in [0.5, 0.6) is 0 Å². The standard InChI is InChI=1S/C34H35BrClN3O4S/c1-3-25(2)37-34(41)32(22-26-13-6-4-7-14-26)38(23-27-15-12-16-28(35)21-27)33(40)24-39(31-20-11-10-19-30(31)36)44(42,43)29-17-8-5-9-18-29/h4-21,25,32H,3,22-24H2,1-2H3,(H,37,41)/t25-,32+/m1/s1. The van der Waals surface area contributed by atoms with E-state index in [2.05, 4.69) is 21.2 Å². The van der Waals surface area contributed by atoms with Crippen molar-refractivity contribution < 1.29 is 18.0 Å². The van der Waals surface area contributed by atoms with Crippen LogP contribution in [0.3, 0.4) is 0 Å². The minimum atomic E-state index is -4.22. The molecule has 1 N–H and O–H groups in total. The average Bonchev–Trinajstić information content (AvgIpc) is 3.02. The third-order valence-corrected chi connectivity index (χ3v) is 9.83. The molecule has 230 valence electrons. The molecule has 0 aliphatic carbocycles. The van der Waals surface area contributed by atoms with Crippen molar-refractivity contribution in [3.63, 3.8) is 0 Å². The van der Waals surface area contributed by atoms with Crippen molar-refractivity contribution in [2.45, 2.75) is 50.2 Å². The SMILES string of the molecule is CC[C@@H](C)NC(=O)[C@H](Cc1ccccc1)N(Cc1cccc(Br)c1)C(=O)CN(c1ccccc1Cl)S(=O)(=O)c1ccccc1. The van der Waals surface area contributed by atoms with E-state index in [0.29, 0.717) is 6.42 Å². The Morgan fingerprint density at radius 3 is 2.11 bits per heavy atom. The molecule has 0 bridgehead atoms. The molecule has 2 amide bonds. The summed E-state index contributed by atoms with van der Waals surface area (Å²) < 4.78 is 29.9. The minimum Gasteiger partial charge on any atom is -0.352 e. The summed E-state index contributed by atoms with van der Waals surface area (Å²) in [7, 11) is -4.22. The highest BCUT2D eigenvalue weighted by Crippen LogP contribution is 2.31. The summed E-state index contributed by atoms with van der Waals surface area (Å²) in [4.78, 5) is 29.8. The first-order chi connectivity index (χ1) is 21.1. The van der Waals surface area contributed by atoms with Crippen LogP contribution in [0, 0.1) is 0 Å². The van der Waals surface area contributed by atoms with Gasteiger partial charge in [-0.2, -0.15) is 0 Å². The van der Waals surface area contributed by atoms with Crippen molar-refractivity contribution in [1.82, 2.24) is 10.2 Å². The van der Waals surface area contributed by atoms with Gasteiger partial charge in [-0.15, -0.1) is 0 Å². The maximum atomic E-state index is 14.5. The summed E-state index contributed by atoms with van der Waals surface area (Å²) in [5.74, 6) is -0.869. The number of nitrogens with one attached hydrogen (secondary N) is 1. The van der Waals surface area contributed by atoms with E-state index in [-0.39, 0.29) is 40.5 Å². The molecule has 0 aromatic heterocycles. The second-order valence-corrected chi connectivity index (χ2v) is 13.6. The quantitative estimate of drug-likeness (QED) is 0.166. The zero-order chi connectivity index (χ0) is 31.7. The first-order valence-corrected chi connectivity index (χ1v) is 16.9. The Morgan fingerprint density at radius 2 is 1.48 bits per heavy atom. The molecule has 4 rings (SSSR count). The zero-order valence-electron chi connectivity index (χ0n) is 24.6. The van der Waals surface area contributed by atoms with Crippen molar-refractivity contribution >= 4 is 55.1 Å². The van der Waals surface area contributed by atoms with Gasteiger partial charge in [0, 0.05) is 23.5 Å². The fourth-order valence-corrected chi connectivity index (χ4v) is 6.90. The van der Waals surface area contributed by atoms with E-state index in [9.17, 15) is 18.0 Å². The van der Waals surface area contributed by atoms with E-state index in [4.69, 9.17) is 11.6 Å². The predicted octanol–water partition coefficient (Wildman–Crippen LogP) is 6.85. The molecule has 0 heterocycles. The molecule has 0 saturated carbocycles. The van der Waals surface area contributed by atoms with Crippen LogP contribution in [0.4, 0.5) is 5.69 Å². The van der Waals surface area contributed by atoms with E-state index < -0.39 is 28.5 Å². The van der Waals surface area contributed by atoms with Gasteiger partial charge in [0.05, 0.1) is 15.6 Å². The number of para-hydroxylation sites is 1. The summed E-state index contributed by atoms with van der Waals surface area (Å²) in [5, 5.41) is 3.21. The molecule has 10 heteroatoms. The van der Waals surface area contributed by atoms with Crippen LogP contribution in [0.1, 0.15) is 31.4 Å². The van der Waals surface area contributed by atoms with E-state index in [1.54, 1.807) is 42.5 Å². The Hall–Kier alpha value is -3.66. The molecule has 0 aliphatic heterocycles. The Morgan fingerprint density at radius 1 is 0.864 bits per heavy atom. The Kier molecular flexibility index (Phi) is 11.6. The molecule has 0 aliphatic rings. The van der Waals surface area contributed by atoms with Crippen LogP contribution in [0.25, 0.3) is 0 Å². The molecular weight excluding hydrogens is 662 g/mol. The molecule has 4 aromatic rings. The first-order valence-electron chi connectivity index (χ1n) is 14.3. The number of amides is 2. The van der Waals surface area contributed by atoms with Gasteiger partial charge in [-0.05, 0) is 60.9 Å². The fourth-order valence-electron chi connectivity index (χ4n) is 4.71. The number of hydrogen-bond acceptors (Lipinski definition) is 4. The zero-order valence-corrected chi connectivity index (χ0v) is 27.7. The van der Waals surface area contributed by atoms with Gasteiger partial charge in [0.25, 0.3) is 10.0 Å². The normalized spacial score (nSPS) is 12.6. The van der Waals surface area contributed by atoms with Gasteiger partial charge in [-0.25, -0.2) is 8.42 Å². The van der Waals surface area contributed by atoms with Crippen LogP contribution in [0.2, 0.25) is 5.02 Å². The smallest absolute Gasteiger partial charge is 0.264 e. The summed E-state index contributed by atoms with van der Waals surface area (Å²) in [6, 6.07) is 30.3. The second kappa shape index (κ2) is 15.4. The van der Waals surface area contributed by atoms with Gasteiger partial charge < -0.3 is 10.2 Å². The first kappa shape index (κ1) is 33.2. The monoisotopic (exact) mass is 695 g/mol. The van der Waals surface area contributed by atoms with Crippen LogP contribution in [-0.2, 0) is 32.6 Å². The number of sulfonamides is 1. The van der Waals surface area contributed by atoms with Crippen LogP contribution >= 0.6 is 27.5 Å². The van der Waals surface area contributed by atoms with Crippen LogP contribution in [-0.4, -0.2) is 43.8 Å². The topological polar surface area (TPSA) is 86.8 Å². The molecule has 0 spiro atoms. The lowest BCUT2D eigenvalue weighted by Gasteiger charge is -2.34. The maximum Gasteiger partial charge on any atom is 0.264 e. The third-order valence-electron chi connectivity index (χ3n) is 7.25. The van der Waals surface area contributed by atoms with E-state index in [0.717, 1.165) is 19.9 Å². The molecule has 0 saturated heterocycles. The Bertz CT molecular complexity index is 1670. The molecule has 2 atom stereocenters. The number of carbonyl (C=O) groups is 2. The molecule has 0 unspecified atom stereocenters. The highest BCUT2D eigenvalue weighted by molar-refractivity contribution is 9.10. The number of anilines is 1. The molecule has 7 nitrogen and oxygen atoms in total. The maximum absolute atomic E-state index is 14.5. The number of rotatable bonds is 13. The largest absolute Gasteiger partial charge is 0.352 e. The fraction of sp³-hybridized carbons (Fsp3) is 0.235. The van der Waals surface area contributed by atoms with Crippen molar-refractivity contribution in [2.75, 3.05) is 10.8 Å². The number of halogens is 2. The van der Waals surface area contributed by atoms with Crippen molar-refractivity contribution in [2.24, 2.45) is 0 Å². The van der Waals surface area contributed by atoms with Crippen molar-refractivity contribution in [3.8, 4) is 0 Å². The van der Waals surface area contributed by atoms with Gasteiger partial charge in [0.1, 0.15) is 12.6 Å².